The van der Waals surface area contributed by atoms with Crippen molar-refractivity contribution in [3.63, 3.8) is 0 Å². The highest BCUT2D eigenvalue weighted by atomic mass is 32.2. The van der Waals surface area contributed by atoms with Crippen molar-refractivity contribution in [3.05, 3.63) is 41.9 Å². The number of aliphatic hydroxyl groups excluding tert-OH is 2. The fraction of sp³-hybridized carbons (Fsp3) is 0.450. The van der Waals surface area contributed by atoms with Gasteiger partial charge in [0.25, 0.3) is 0 Å². The second-order valence-electron chi connectivity index (χ2n) is 6.82. The maximum atomic E-state index is 10.2. The summed E-state index contributed by atoms with van der Waals surface area (Å²) in [6.07, 6.45) is 4.08. The SMILES string of the molecule is CSc1ccc(-c2cnc(/C=C(\C)C[C@@H]3OC[C@@H](C)[C@@H](O)[C@H]3O)o2)cc1. The molecule has 1 aliphatic rings. The Kier molecular flexibility index (Phi) is 6.19. The van der Waals surface area contributed by atoms with E-state index in [1.165, 1.54) is 4.90 Å². The molecule has 4 atom stereocenters. The molecule has 2 heterocycles. The van der Waals surface area contributed by atoms with Crippen molar-refractivity contribution in [1.82, 2.24) is 4.98 Å². The van der Waals surface area contributed by atoms with Crippen molar-refractivity contribution in [1.29, 1.82) is 0 Å². The predicted molar refractivity (Wildman–Crippen MR) is 103 cm³/mol. The molecule has 1 fully saturated rings. The van der Waals surface area contributed by atoms with E-state index in [4.69, 9.17) is 9.15 Å². The zero-order valence-electron chi connectivity index (χ0n) is 15.3. The molecule has 2 N–H and O–H groups in total. The summed E-state index contributed by atoms with van der Waals surface area (Å²) in [5.74, 6) is 1.18. The average Bonchev–Trinajstić information content (AvgIpc) is 3.10. The second kappa shape index (κ2) is 8.39. The quantitative estimate of drug-likeness (QED) is 0.778. The third kappa shape index (κ3) is 4.38. The van der Waals surface area contributed by atoms with E-state index in [1.807, 2.05) is 38.3 Å². The average molecular weight is 375 g/mol. The summed E-state index contributed by atoms with van der Waals surface area (Å²) in [6, 6.07) is 8.14. The van der Waals surface area contributed by atoms with Crippen LogP contribution < -0.4 is 0 Å². The first-order valence-electron chi connectivity index (χ1n) is 8.73. The summed E-state index contributed by atoms with van der Waals surface area (Å²) in [5.41, 5.74) is 1.96. The maximum Gasteiger partial charge on any atom is 0.219 e. The van der Waals surface area contributed by atoms with Crippen molar-refractivity contribution in [2.75, 3.05) is 12.9 Å². The molecular weight excluding hydrogens is 350 g/mol. The van der Waals surface area contributed by atoms with Gasteiger partial charge in [-0.05, 0) is 37.8 Å². The number of thioether (sulfide) groups is 1. The van der Waals surface area contributed by atoms with Gasteiger partial charge in [-0.2, -0.15) is 0 Å². The summed E-state index contributed by atoms with van der Waals surface area (Å²) in [5, 5.41) is 20.2. The Hall–Kier alpha value is -1.60. The standard InChI is InChI=1S/C20H25NO4S/c1-12(8-16-20(23)19(22)13(2)11-24-16)9-18-21-10-17(25-18)14-4-6-15(26-3)7-5-14/h4-7,9-10,13,16,19-20,22-23H,8,11H2,1-3H3/b12-9+/t13-,16+,19-,20+/m1/s1. The number of ether oxygens (including phenoxy) is 1. The molecule has 0 aliphatic carbocycles. The Morgan fingerprint density at radius 2 is 2.00 bits per heavy atom. The number of rotatable bonds is 5. The summed E-state index contributed by atoms with van der Waals surface area (Å²) >= 11 is 1.70. The van der Waals surface area contributed by atoms with Gasteiger partial charge < -0.3 is 19.4 Å². The van der Waals surface area contributed by atoms with Crippen LogP contribution in [0.25, 0.3) is 17.4 Å². The molecule has 1 aromatic heterocycles. The zero-order chi connectivity index (χ0) is 18.7. The molecule has 0 amide bonds. The lowest BCUT2D eigenvalue weighted by molar-refractivity contribution is -0.159. The largest absolute Gasteiger partial charge is 0.437 e. The van der Waals surface area contributed by atoms with Gasteiger partial charge in [0.2, 0.25) is 5.89 Å². The van der Waals surface area contributed by atoms with Gasteiger partial charge in [-0.3, -0.25) is 0 Å². The van der Waals surface area contributed by atoms with Crippen LogP contribution in [0.4, 0.5) is 0 Å². The molecule has 3 rings (SSSR count). The maximum absolute atomic E-state index is 10.2. The fourth-order valence-corrected chi connectivity index (χ4v) is 3.45. The molecule has 26 heavy (non-hydrogen) atoms. The molecule has 6 heteroatoms. The van der Waals surface area contributed by atoms with E-state index in [9.17, 15) is 10.2 Å². The van der Waals surface area contributed by atoms with E-state index in [0.29, 0.717) is 18.9 Å². The number of hydrogen-bond acceptors (Lipinski definition) is 6. The van der Waals surface area contributed by atoms with Crippen LogP contribution in [0, 0.1) is 5.92 Å². The fourth-order valence-electron chi connectivity index (χ4n) is 3.04. The predicted octanol–water partition coefficient (Wildman–Crippen LogP) is 3.61. The Morgan fingerprint density at radius 1 is 1.27 bits per heavy atom. The van der Waals surface area contributed by atoms with E-state index >= 15 is 0 Å². The zero-order valence-corrected chi connectivity index (χ0v) is 16.1. The van der Waals surface area contributed by atoms with Crippen LogP contribution in [0.15, 0.2) is 45.3 Å². The van der Waals surface area contributed by atoms with Crippen LogP contribution in [0.1, 0.15) is 26.2 Å². The molecule has 0 radical (unpaired) electrons. The monoisotopic (exact) mass is 375 g/mol. The van der Waals surface area contributed by atoms with Crippen LogP contribution in [-0.4, -0.2) is 46.4 Å². The Bertz CT molecular complexity index is 755. The highest BCUT2D eigenvalue weighted by molar-refractivity contribution is 7.98. The van der Waals surface area contributed by atoms with E-state index < -0.39 is 18.3 Å². The van der Waals surface area contributed by atoms with Gasteiger partial charge in [0, 0.05) is 16.4 Å². The van der Waals surface area contributed by atoms with Gasteiger partial charge >= 0.3 is 0 Å². The van der Waals surface area contributed by atoms with Gasteiger partial charge in [0.1, 0.15) is 6.10 Å². The van der Waals surface area contributed by atoms with Gasteiger partial charge in [-0.25, -0.2) is 4.98 Å². The van der Waals surface area contributed by atoms with Crippen LogP contribution in [0.3, 0.4) is 0 Å². The summed E-state index contributed by atoms with van der Waals surface area (Å²) in [6.45, 7) is 4.26. The molecule has 2 aromatic rings. The minimum Gasteiger partial charge on any atom is -0.437 e. The topological polar surface area (TPSA) is 75.7 Å². The second-order valence-corrected chi connectivity index (χ2v) is 7.70. The van der Waals surface area contributed by atoms with Crippen molar-refractivity contribution in [2.24, 2.45) is 5.92 Å². The minimum absolute atomic E-state index is 0.0580. The van der Waals surface area contributed by atoms with Gasteiger partial charge in [-0.1, -0.05) is 24.6 Å². The molecule has 0 unspecified atom stereocenters. The van der Waals surface area contributed by atoms with Crippen molar-refractivity contribution in [3.8, 4) is 11.3 Å². The number of hydrogen-bond donors (Lipinski definition) is 2. The van der Waals surface area contributed by atoms with Gasteiger partial charge in [-0.15, -0.1) is 11.8 Å². The number of benzene rings is 1. The third-order valence-electron chi connectivity index (χ3n) is 4.68. The molecule has 1 saturated heterocycles. The lowest BCUT2D eigenvalue weighted by Gasteiger charge is -2.36. The summed E-state index contributed by atoms with van der Waals surface area (Å²) < 4.78 is 11.5. The lowest BCUT2D eigenvalue weighted by atomic mass is 9.91. The Morgan fingerprint density at radius 3 is 2.69 bits per heavy atom. The summed E-state index contributed by atoms with van der Waals surface area (Å²) in [7, 11) is 0. The van der Waals surface area contributed by atoms with E-state index in [1.54, 1.807) is 18.0 Å². The van der Waals surface area contributed by atoms with Crippen LogP contribution in [0.2, 0.25) is 0 Å². The molecule has 1 aromatic carbocycles. The van der Waals surface area contributed by atoms with E-state index in [0.717, 1.165) is 16.9 Å². The molecule has 1 aliphatic heterocycles. The highest BCUT2D eigenvalue weighted by Gasteiger charge is 2.35. The van der Waals surface area contributed by atoms with Crippen molar-refractivity contribution >= 4 is 17.8 Å². The first-order chi connectivity index (χ1) is 12.5. The normalized spacial score (nSPS) is 26.9. The first kappa shape index (κ1) is 19.2. The molecule has 0 bridgehead atoms. The van der Waals surface area contributed by atoms with Crippen LogP contribution in [-0.2, 0) is 4.74 Å². The number of aliphatic hydroxyl groups is 2. The van der Waals surface area contributed by atoms with Crippen molar-refractivity contribution < 1.29 is 19.4 Å². The molecule has 5 nitrogen and oxygen atoms in total. The number of oxazole rings is 1. The number of nitrogens with zero attached hydrogens (tertiary/aromatic N) is 1. The number of aromatic nitrogens is 1. The van der Waals surface area contributed by atoms with E-state index in [2.05, 4.69) is 17.1 Å². The third-order valence-corrected chi connectivity index (χ3v) is 5.42. The highest BCUT2D eigenvalue weighted by Crippen LogP contribution is 2.27. The van der Waals surface area contributed by atoms with E-state index in [-0.39, 0.29) is 5.92 Å². The smallest absolute Gasteiger partial charge is 0.219 e. The Balaban J connectivity index is 1.67. The molecule has 0 spiro atoms. The first-order valence-corrected chi connectivity index (χ1v) is 9.95. The van der Waals surface area contributed by atoms with Crippen molar-refractivity contribution in [2.45, 2.75) is 43.5 Å². The molecule has 0 saturated carbocycles. The van der Waals surface area contributed by atoms with Gasteiger partial charge in [0.05, 0.1) is 25.0 Å². The lowest BCUT2D eigenvalue weighted by Crippen LogP contribution is -2.49. The minimum atomic E-state index is -0.878. The Labute approximate surface area is 158 Å². The summed E-state index contributed by atoms with van der Waals surface area (Å²) in [4.78, 5) is 5.51. The van der Waals surface area contributed by atoms with Gasteiger partial charge in [0.15, 0.2) is 5.76 Å². The molecular formula is C20H25NO4S. The van der Waals surface area contributed by atoms with Crippen LogP contribution >= 0.6 is 11.8 Å². The molecule has 140 valence electrons. The van der Waals surface area contributed by atoms with Crippen LogP contribution in [0.5, 0.6) is 0 Å².